The summed E-state index contributed by atoms with van der Waals surface area (Å²) in [6.45, 7) is 0. The fourth-order valence-corrected chi connectivity index (χ4v) is 2.55. The zero-order chi connectivity index (χ0) is 8.55. The lowest BCUT2D eigenvalue weighted by molar-refractivity contribution is -0.136. The Bertz CT molecular complexity index is 322. The molecule has 0 bridgehead atoms. The van der Waals surface area contributed by atoms with E-state index in [1.165, 1.54) is 11.8 Å². The molecule has 0 fully saturated rings. The van der Waals surface area contributed by atoms with Gasteiger partial charge >= 0.3 is 5.97 Å². The van der Waals surface area contributed by atoms with Crippen molar-refractivity contribution in [1.29, 1.82) is 0 Å². The predicted molar refractivity (Wildman–Crippen MR) is 48.1 cm³/mol. The van der Waals surface area contributed by atoms with Gasteiger partial charge in [-0.15, -0.1) is 11.8 Å². The first-order chi connectivity index (χ1) is 5.79. The number of fused-ring (bicyclic) bond motifs is 1. The highest BCUT2D eigenvalue weighted by Gasteiger charge is 2.28. The quantitative estimate of drug-likeness (QED) is 0.718. The lowest BCUT2D eigenvalue weighted by atomic mass is 10.1. The Morgan fingerprint density at radius 3 is 3.00 bits per heavy atom. The predicted octanol–water partition coefficient (Wildman–Crippen LogP) is 2.06. The maximum atomic E-state index is 10.7. The van der Waals surface area contributed by atoms with E-state index in [9.17, 15) is 4.79 Å². The molecule has 0 saturated carbocycles. The Hall–Kier alpha value is -0.960. The third-order valence-corrected chi connectivity index (χ3v) is 3.23. The number of aliphatic carboxylic acids is 1. The van der Waals surface area contributed by atoms with E-state index in [2.05, 4.69) is 0 Å². The number of carboxylic acid groups (broad SMARTS) is 1. The third-order valence-electron chi connectivity index (χ3n) is 1.97. The van der Waals surface area contributed by atoms with Crippen molar-refractivity contribution < 1.29 is 9.90 Å². The van der Waals surface area contributed by atoms with E-state index in [0.717, 1.165) is 16.9 Å². The van der Waals surface area contributed by atoms with Crippen LogP contribution in [0.5, 0.6) is 0 Å². The first-order valence-corrected chi connectivity index (χ1v) is 4.76. The van der Waals surface area contributed by atoms with Crippen molar-refractivity contribution in [1.82, 2.24) is 0 Å². The van der Waals surface area contributed by atoms with Crippen LogP contribution in [0.15, 0.2) is 24.3 Å². The molecule has 0 unspecified atom stereocenters. The topological polar surface area (TPSA) is 37.3 Å². The van der Waals surface area contributed by atoms with Crippen molar-refractivity contribution in [3.8, 4) is 0 Å². The van der Waals surface area contributed by atoms with Gasteiger partial charge in [0, 0.05) is 5.75 Å². The lowest BCUT2D eigenvalue weighted by Crippen LogP contribution is -2.04. The minimum Gasteiger partial charge on any atom is -0.480 e. The average molecular weight is 180 g/mol. The summed E-state index contributed by atoms with van der Waals surface area (Å²) >= 11 is 1.48. The van der Waals surface area contributed by atoms with Crippen LogP contribution in [0.4, 0.5) is 0 Å². The van der Waals surface area contributed by atoms with Crippen molar-refractivity contribution in [2.45, 2.75) is 11.0 Å². The van der Waals surface area contributed by atoms with Crippen LogP contribution in [-0.4, -0.2) is 11.1 Å². The molecule has 0 saturated heterocycles. The smallest absolute Gasteiger partial charge is 0.321 e. The number of thioether (sulfide) groups is 1. The van der Waals surface area contributed by atoms with Crippen molar-refractivity contribution in [3.63, 3.8) is 0 Å². The molecule has 1 aliphatic heterocycles. The highest BCUT2D eigenvalue weighted by atomic mass is 32.2. The summed E-state index contributed by atoms with van der Waals surface area (Å²) in [5, 5.41) is 8.49. The second-order valence-electron chi connectivity index (χ2n) is 2.73. The van der Waals surface area contributed by atoms with Gasteiger partial charge in [-0.25, -0.2) is 0 Å². The number of carbonyl (C=O) groups is 1. The van der Waals surface area contributed by atoms with Crippen molar-refractivity contribution in [2.24, 2.45) is 0 Å². The molecule has 0 radical (unpaired) electrons. The van der Waals surface area contributed by atoms with Crippen LogP contribution in [0.1, 0.15) is 16.4 Å². The second-order valence-corrected chi connectivity index (χ2v) is 3.82. The second kappa shape index (κ2) is 2.83. The minimum absolute atomic E-state index is 0.346. The first kappa shape index (κ1) is 7.68. The number of hydrogen-bond acceptors (Lipinski definition) is 2. The van der Waals surface area contributed by atoms with Crippen molar-refractivity contribution in [3.05, 3.63) is 35.4 Å². The van der Waals surface area contributed by atoms with E-state index in [1.807, 2.05) is 24.3 Å². The number of hydrogen-bond donors (Lipinski definition) is 1. The molecule has 3 heteroatoms. The fourth-order valence-electron chi connectivity index (χ4n) is 1.39. The van der Waals surface area contributed by atoms with Gasteiger partial charge in [-0.2, -0.15) is 0 Å². The zero-order valence-corrected chi connectivity index (χ0v) is 7.17. The molecule has 1 aliphatic rings. The molecular formula is C9H8O2S. The Labute approximate surface area is 74.6 Å². The standard InChI is InChI=1S/C9H8O2S/c10-9(11)8-7-4-2-1-3-6(7)5-12-8/h1-4,8H,5H2,(H,10,11)/t8-/m1/s1. The SMILES string of the molecule is O=C(O)[C@@H]1SCc2ccccc21. The molecule has 0 spiro atoms. The van der Waals surface area contributed by atoms with Crippen molar-refractivity contribution in [2.75, 3.05) is 0 Å². The first-order valence-electron chi connectivity index (χ1n) is 3.71. The summed E-state index contributed by atoms with van der Waals surface area (Å²) in [6, 6.07) is 7.73. The van der Waals surface area contributed by atoms with Gasteiger partial charge in [-0.3, -0.25) is 4.79 Å². The van der Waals surface area contributed by atoms with Crippen LogP contribution in [-0.2, 0) is 10.5 Å². The maximum absolute atomic E-state index is 10.7. The van der Waals surface area contributed by atoms with Crippen LogP contribution in [0.2, 0.25) is 0 Å². The molecule has 12 heavy (non-hydrogen) atoms. The molecular weight excluding hydrogens is 172 g/mol. The summed E-state index contributed by atoms with van der Waals surface area (Å²) in [7, 11) is 0. The molecule has 1 heterocycles. The van der Waals surface area contributed by atoms with Gasteiger partial charge in [-0.05, 0) is 11.1 Å². The van der Waals surface area contributed by atoms with E-state index in [1.54, 1.807) is 0 Å². The van der Waals surface area contributed by atoms with Crippen molar-refractivity contribution >= 4 is 17.7 Å². The van der Waals surface area contributed by atoms with Crippen LogP contribution in [0.3, 0.4) is 0 Å². The van der Waals surface area contributed by atoms with E-state index in [0.29, 0.717) is 0 Å². The summed E-state index contributed by atoms with van der Waals surface area (Å²) in [6.07, 6.45) is 0. The minimum atomic E-state index is -0.732. The molecule has 1 atom stereocenters. The molecule has 0 aliphatic carbocycles. The molecule has 1 N–H and O–H groups in total. The fraction of sp³-hybridized carbons (Fsp3) is 0.222. The summed E-state index contributed by atoms with van der Waals surface area (Å²) in [4.78, 5) is 10.7. The maximum Gasteiger partial charge on any atom is 0.321 e. The van der Waals surface area contributed by atoms with Gasteiger partial charge in [0.2, 0.25) is 0 Å². The normalized spacial score (nSPS) is 20.5. The van der Waals surface area contributed by atoms with Crippen LogP contribution in [0, 0.1) is 0 Å². The van der Waals surface area contributed by atoms with E-state index in [-0.39, 0.29) is 5.25 Å². The summed E-state index contributed by atoms with van der Waals surface area (Å²) < 4.78 is 0. The van der Waals surface area contributed by atoms with Gasteiger partial charge < -0.3 is 5.11 Å². The Morgan fingerprint density at radius 1 is 1.50 bits per heavy atom. The zero-order valence-electron chi connectivity index (χ0n) is 6.36. The van der Waals surface area contributed by atoms with E-state index in [4.69, 9.17) is 5.11 Å². The Balaban J connectivity index is 2.42. The van der Waals surface area contributed by atoms with E-state index >= 15 is 0 Å². The molecule has 0 amide bonds. The number of benzene rings is 1. The van der Waals surface area contributed by atoms with Gasteiger partial charge in [-0.1, -0.05) is 24.3 Å². The molecule has 1 aromatic carbocycles. The molecule has 1 aromatic rings. The Morgan fingerprint density at radius 2 is 2.25 bits per heavy atom. The number of carboxylic acids is 1. The summed E-state index contributed by atoms with van der Waals surface area (Å²) in [5.74, 6) is 0.0950. The van der Waals surface area contributed by atoms with Gasteiger partial charge in [0.05, 0.1) is 0 Å². The summed E-state index contributed by atoms with van der Waals surface area (Å²) in [5.41, 5.74) is 2.13. The van der Waals surface area contributed by atoms with Crippen LogP contribution < -0.4 is 0 Å². The van der Waals surface area contributed by atoms with Gasteiger partial charge in [0.25, 0.3) is 0 Å². The number of rotatable bonds is 1. The molecule has 62 valence electrons. The monoisotopic (exact) mass is 180 g/mol. The van der Waals surface area contributed by atoms with Gasteiger partial charge in [0.15, 0.2) is 0 Å². The highest BCUT2D eigenvalue weighted by molar-refractivity contribution is 7.99. The molecule has 2 nitrogen and oxygen atoms in total. The average Bonchev–Trinajstić information content (AvgIpc) is 2.47. The highest BCUT2D eigenvalue weighted by Crippen LogP contribution is 2.41. The molecule has 2 rings (SSSR count). The largest absolute Gasteiger partial charge is 0.480 e. The molecule has 0 aromatic heterocycles. The van der Waals surface area contributed by atoms with Crippen LogP contribution in [0.25, 0.3) is 0 Å². The van der Waals surface area contributed by atoms with E-state index < -0.39 is 5.97 Å². The Kier molecular flexibility index (Phi) is 1.81. The van der Waals surface area contributed by atoms with Gasteiger partial charge in [0.1, 0.15) is 5.25 Å². The lowest BCUT2D eigenvalue weighted by Gasteiger charge is -2.02. The van der Waals surface area contributed by atoms with Crippen LogP contribution >= 0.6 is 11.8 Å². The third kappa shape index (κ3) is 1.10.